The van der Waals surface area contributed by atoms with Gasteiger partial charge in [0.2, 0.25) is 5.91 Å². The zero-order valence-corrected chi connectivity index (χ0v) is 13.3. The molecule has 23 heavy (non-hydrogen) atoms. The van der Waals surface area contributed by atoms with Crippen molar-refractivity contribution in [2.24, 2.45) is 11.0 Å². The lowest BCUT2D eigenvalue weighted by molar-refractivity contribution is -0.133. The summed E-state index contributed by atoms with van der Waals surface area (Å²) >= 11 is 0. The van der Waals surface area contributed by atoms with Crippen LogP contribution in [0, 0.1) is 26.7 Å². The van der Waals surface area contributed by atoms with Gasteiger partial charge in [-0.2, -0.15) is 5.10 Å². The molecule has 2 aliphatic heterocycles. The summed E-state index contributed by atoms with van der Waals surface area (Å²) < 4.78 is 4.64. The topological polar surface area (TPSA) is 88.1 Å². The highest BCUT2D eigenvalue weighted by atomic mass is 16.5. The van der Waals surface area contributed by atoms with E-state index < -0.39 is 29.7 Å². The van der Waals surface area contributed by atoms with Crippen LogP contribution < -0.4 is 10.3 Å². The largest absolute Gasteiger partial charge is 0.464 e. The number of imide groups is 1. The van der Waals surface area contributed by atoms with Crippen LogP contribution in [0.2, 0.25) is 0 Å². The average molecular weight is 315 g/mol. The van der Waals surface area contributed by atoms with Gasteiger partial charge < -0.3 is 4.74 Å². The molecule has 2 atom stereocenters. The van der Waals surface area contributed by atoms with Crippen LogP contribution >= 0.6 is 0 Å². The number of nitrogens with zero attached hydrogens (tertiary/aromatic N) is 2. The summed E-state index contributed by atoms with van der Waals surface area (Å²) in [7, 11) is 1.21. The maximum absolute atomic E-state index is 12.8. The van der Waals surface area contributed by atoms with Crippen LogP contribution in [0.5, 0.6) is 0 Å². The van der Waals surface area contributed by atoms with Crippen molar-refractivity contribution in [3.63, 3.8) is 0 Å². The lowest BCUT2D eigenvalue weighted by Crippen LogP contribution is -2.37. The van der Waals surface area contributed by atoms with Gasteiger partial charge in [-0.1, -0.05) is 17.7 Å². The van der Waals surface area contributed by atoms with Crippen LogP contribution in [0.15, 0.2) is 17.2 Å². The molecule has 7 heteroatoms. The molecule has 1 aromatic carbocycles. The van der Waals surface area contributed by atoms with Crippen molar-refractivity contribution in [1.29, 1.82) is 0 Å². The van der Waals surface area contributed by atoms with Crippen molar-refractivity contribution < 1.29 is 19.1 Å². The van der Waals surface area contributed by atoms with E-state index in [2.05, 4.69) is 15.3 Å². The minimum atomic E-state index is -0.935. The second-order valence-electron chi connectivity index (χ2n) is 5.83. The lowest BCUT2D eigenvalue weighted by Gasteiger charge is -2.21. The Bertz CT molecular complexity index is 746. The Morgan fingerprint density at radius 2 is 1.78 bits per heavy atom. The van der Waals surface area contributed by atoms with Crippen LogP contribution in [0.25, 0.3) is 0 Å². The third-order valence-corrected chi connectivity index (χ3v) is 4.18. The number of carbonyl (C=O) groups is 3. The fraction of sp³-hybridized carbons (Fsp3) is 0.375. The molecule has 0 spiro atoms. The number of methoxy groups -OCH3 is 1. The Labute approximate surface area is 133 Å². The second kappa shape index (κ2) is 5.19. The van der Waals surface area contributed by atoms with Crippen molar-refractivity contribution in [2.75, 3.05) is 12.0 Å². The SMILES string of the molecule is COC(=O)C1=NN[C@H]2C(=O)N(c3c(C)cc(C)cc3C)C(=O)[C@@H]12. The number of hydrazone groups is 1. The van der Waals surface area contributed by atoms with Gasteiger partial charge in [0.05, 0.1) is 12.8 Å². The smallest absolute Gasteiger partial charge is 0.355 e. The van der Waals surface area contributed by atoms with E-state index in [-0.39, 0.29) is 5.71 Å². The van der Waals surface area contributed by atoms with Crippen LogP contribution in [0.1, 0.15) is 16.7 Å². The number of carbonyl (C=O) groups excluding carboxylic acids is 3. The minimum absolute atomic E-state index is 0.0548. The Balaban J connectivity index is 2.05. The highest BCUT2D eigenvalue weighted by Gasteiger charge is 2.56. The first-order valence-electron chi connectivity index (χ1n) is 7.24. The van der Waals surface area contributed by atoms with Crippen LogP contribution in [-0.2, 0) is 19.1 Å². The first kappa shape index (κ1) is 15.2. The lowest BCUT2D eigenvalue weighted by atomic mass is 9.99. The number of benzene rings is 1. The van der Waals surface area contributed by atoms with Gasteiger partial charge in [-0.25, -0.2) is 9.69 Å². The minimum Gasteiger partial charge on any atom is -0.464 e. The van der Waals surface area contributed by atoms with Gasteiger partial charge in [0.25, 0.3) is 5.91 Å². The van der Waals surface area contributed by atoms with Crippen molar-refractivity contribution in [3.05, 3.63) is 28.8 Å². The van der Waals surface area contributed by atoms with E-state index in [0.29, 0.717) is 5.69 Å². The molecule has 1 saturated heterocycles. The third kappa shape index (κ3) is 2.11. The maximum atomic E-state index is 12.8. The molecule has 1 fully saturated rings. The van der Waals surface area contributed by atoms with Gasteiger partial charge in [0.1, 0.15) is 12.0 Å². The van der Waals surface area contributed by atoms with Crippen LogP contribution in [0.3, 0.4) is 0 Å². The summed E-state index contributed by atoms with van der Waals surface area (Å²) in [6.45, 7) is 5.66. The quantitative estimate of drug-likeness (QED) is 0.638. The Morgan fingerprint density at radius 1 is 1.17 bits per heavy atom. The summed E-state index contributed by atoms with van der Waals surface area (Å²) in [4.78, 5) is 38.4. The van der Waals surface area contributed by atoms with E-state index in [4.69, 9.17) is 0 Å². The van der Waals surface area contributed by atoms with Crippen LogP contribution in [0.4, 0.5) is 5.69 Å². The summed E-state index contributed by atoms with van der Waals surface area (Å²) in [6.07, 6.45) is 0. The molecule has 1 aromatic rings. The number of anilines is 1. The van der Waals surface area contributed by atoms with E-state index in [1.54, 1.807) is 0 Å². The van der Waals surface area contributed by atoms with Crippen molar-refractivity contribution in [2.45, 2.75) is 26.8 Å². The Kier molecular flexibility index (Phi) is 3.43. The number of hydrogen-bond acceptors (Lipinski definition) is 6. The second-order valence-corrected chi connectivity index (χ2v) is 5.83. The number of hydrogen-bond donors (Lipinski definition) is 1. The monoisotopic (exact) mass is 315 g/mol. The molecule has 2 aliphatic rings. The van der Waals surface area contributed by atoms with Gasteiger partial charge in [0, 0.05) is 0 Å². The molecule has 0 radical (unpaired) electrons. The normalized spacial score (nSPS) is 22.8. The van der Waals surface area contributed by atoms with Crippen LogP contribution in [-0.4, -0.2) is 36.6 Å². The molecule has 2 amide bonds. The van der Waals surface area contributed by atoms with E-state index in [1.165, 1.54) is 7.11 Å². The number of ether oxygens (including phenoxy) is 1. The van der Waals surface area contributed by atoms with E-state index in [0.717, 1.165) is 21.6 Å². The maximum Gasteiger partial charge on any atom is 0.355 e. The first-order chi connectivity index (χ1) is 10.9. The predicted octanol–water partition coefficient (Wildman–Crippen LogP) is 0.602. The Hall–Kier alpha value is -2.70. The molecular weight excluding hydrogens is 298 g/mol. The highest BCUT2D eigenvalue weighted by molar-refractivity contribution is 6.46. The molecule has 0 bridgehead atoms. The standard InChI is InChI=1S/C16H17N3O4/c1-7-5-8(2)13(9(3)6-7)19-14(20)10-11(15(19)21)17-18-12(10)16(22)23-4/h5-6,10-11,17H,1-4H3/t10-,11-/m1/s1. The van der Waals surface area contributed by atoms with E-state index in [1.807, 2.05) is 32.9 Å². The highest BCUT2D eigenvalue weighted by Crippen LogP contribution is 2.35. The number of nitrogens with one attached hydrogen (secondary N) is 1. The van der Waals surface area contributed by atoms with Crippen molar-refractivity contribution in [1.82, 2.24) is 5.43 Å². The molecule has 3 rings (SSSR count). The summed E-state index contributed by atoms with van der Waals surface area (Å²) in [5.41, 5.74) is 5.83. The summed E-state index contributed by atoms with van der Waals surface area (Å²) in [5.74, 6) is -2.50. The Morgan fingerprint density at radius 3 is 2.35 bits per heavy atom. The molecular formula is C16H17N3O4. The average Bonchev–Trinajstić information content (AvgIpc) is 3.01. The van der Waals surface area contributed by atoms with E-state index >= 15 is 0 Å². The number of rotatable bonds is 2. The predicted molar refractivity (Wildman–Crippen MR) is 83.0 cm³/mol. The molecule has 0 saturated carbocycles. The zero-order chi connectivity index (χ0) is 16.9. The third-order valence-electron chi connectivity index (χ3n) is 4.18. The van der Waals surface area contributed by atoms with Gasteiger partial charge in [-0.05, 0) is 31.9 Å². The van der Waals surface area contributed by atoms with E-state index in [9.17, 15) is 14.4 Å². The molecule has 120 valence electrons. The first-order valence-corrected chi connectivity index (χ1v) is 7.24. The van der Waals surface area contributed by atoms with Crippen molar-refractivity contribution >= 4 is 29.2 Å². The van der Waals surface area contributed by atoms with Gasteiger partial charge in [-0.15, -0.1) is 0 Å². The van der Waals surface area contributed by atoms with Gasteiger partial charge in [-0.3, -0.25) is 15.0 Å². The number of aryl methyl sites for hydroxylation is 3. The summed E-state index contributed by atoms with van der Waals surface area (Å²) in [6, 6.07) is 2.98. The number of amides is 2. The fourth-order valence-corrected chi connectivity index (χ4v) is 3.31. The molecule has 0 aliphatic carbocycles. The number of fused-ring (bicyclic) bond motifs is 1. The van der Waals surface area contributed by atoms with Crippen molar-refractivity contribution in [3.8, 4) is 0 Å². The molecule has 1 N–H and O–H groups in total. The molecule has 2 heterocycles. The fourth-order valence-electron chi connectivity index (χ4n) is 3.31. The summed E-state index contributed by atoms with van der Waals surface area (Å²) in [5, 5.41) is 3.80. The molecule has 0 unspecified atom stereocenters. The zero-order valence-electron chi connectivity index (χ0n) is 13.3. The molecule has 0 aromatic heterocycles. The van der Waals surface area contributed by atoms with Gasteiger partial charge in [0.15, 0.2) is 5.71 Å². The van der Waals surface area contributed by atoms with Gasteiger partial charge >= 0.3 is 5.97 Å². The number of esters is 1. The molecule has 7 nitrogen and oxygen atoms in total.